The van der Waals surface area contributed by atoms with Gasteiger partial charge in [-0.3, -0.25) is 0 Å². The number of rotatable bonds is 5. The highest BCUT2D eigenvalue weighted by Crippen LogP contribution is 2.36. The largest absolute Gasteiger partial charge is 0.493 e. The molecule has 0 aliphatic carbocycles. The van der Waals surface area contributed by atoms with Gasteiger partial charge in [-0.1, -0.05) is 11.6 Å². The quantitative estimate of drug-likeness (QED) is 0.603. The van der Waals surface area contributed by atoms with E-state index in [-0.39, 0.29) is 6.03 Å². The lowest BCUT2D eigenvalue weighted by molar-refractivity contribution is 0.262. The third-order valence-electron chi connectivity index (χ3n) is 4.36. The Morgan fingerprint density at radius 1 is 0.893 bits per heavy atom. The van der Waals surface area contributed by atoms with Crippen LogP contribution in [0.5, 0.6) is 11.5 Å². The summed E-state index contributed by atoms with van der Waals surface area (Å²) in [7, 11) is 3.14. The van der Waals surface area contributed by atoms with Crippen molar-refractivity contribution < 1.29 is 14.3 Å². The Labute approximate surface area is 169 Å². The fourth-order valence-corrected chi connectivity index (χ4v) is 3.15. The number of urea groups is 1. The zero-order valence-electron chi connectivity index (χ0n) is 16.2. The maximum atomic E-state index is 12.6. The first-order valence-corrected chi connectivity index (χ1v) is 9.05. The summed E-state index contributed by atoms with van der Waals surface area (Å²) in [4.78, 5) is 12.6. The van der Waals surface area contributed by atoms with Gasteiger partial charge in [0.2, 0.25) is 0 Å². The van der Waals surface area contributed by atoms with Crippen LogP contribution in [0, 0.1) is 13.8 Å². The zero-order valence-corrected chi connectivity index (χ0v) is 16.9. The van der Waals surface area contributed by atoms with E-state index in [2.05, 4.69) is 10.6 Å². The second kappa shape index (κ2) is 8.27. The molecular weight excluding hydrogens is 378 g/mol. The third-order valence-corrected chi connectivity index (χ3v) is 4.62. The molecule has 2 aromatic carbocycles. The molecule has 0 radical (unpaired) electrons. The molecule has 0 spiro atoms. The molecule has 7 heteroatoms. The molecule has 0 saturated heterocycles. The van der Waals surface area contributed by atoms with Gasteiger partial charge in [0.1, 0.15) is 0 Å². The number of methoxy groups -OCH3 is 2. The van der Waals surface area contributed by atoms with Crippen molar-refractivity contribution in [3.05, 3.63) is 64.9 Å². The minimum absolute atomic E-state index is 0.377. The Morgan fingerprint density at radius 2 is 1.46 bits per heavy atom. The molecule has 146 valence electrons. The number of carbonyl (C=O) groups excluding carboxylic acids is 1. The van der Waals surface area contributed by atoms with Gasteiger partial charge in [0.25, 0.3) is 0 Å². The first kappa shape index (κ1) is 19.6. The van der Waals surface area contributed by atoms with Crippen molar-refractivity contribution in [1.29, 1.82) is 0 Å². The van der Waals surface area contributed by atoms with E-state index in [1.54, 1.807) is 44.6 Å². The molecule has 6 nitrogen and oxygen atoms in total. The second-order valence-corrected chi connectivity index (χ2v) is 6.70. The molecule has 1 heterocycles. The Balaban J connectivity index is 1.98. The highest BCUT2D eigenvalue weighted by Gasteiger charge is 2.17. The summed E-state index contributed by atoms with van der Waals surface area (Å²) >= 11 is 5.89. The number of hydrogen-bond acceptors (Lipinski definition) is 3. The molecule has 0 bridgehead atoms. The maximum absolute atomic E-state index is 12.6. The predicted octanol–water partition coefficient (Wildman–Crippen LogP) is 5.41. The fraction of sp³-hybridized carbons (Fsp3) is 0.190. The molecular formula is C21H22ClN3O3. The molecule has 2 N–H and O–H groups in total. The molecule has 0 atom stereocenters. The van der Waals surface area contributed by atoms with E-state index in [9.17, 15) is 4.79 Å². The number of nitrogens with one attached hydrogen (secondary N) is 2. The topological polar surface area (TPSA) is 64.5 Å². The van der Waals surface area contributed by atoms with Gasteiger partial charge in [-0.25, -0.2) is 4.79 Å². The van der Waals surface area contributed by atoms with Gasteiger partial charge < -0.3 is 24.7 Å². The highest BCUT2D eigenvalue weighted by atomic mass is 35.5. The highest BCUT2D eigenvalue weighted by molar-refractivity contribution is 6.30. The SMILES string of the molecule is COc1cc(NC(=O)Nc2ccc(Cl)cc2)c(-n2c(C)ccc2C)cc1OC. The lowest BCUT2D eigenvalue weighted by atomic mass is 10.2. The van der Waals surface area contributed by atoms with Gasteiger partial charge in [0.05, 0.1) is 25.6 Å². The summed E-state index contributed by atoms with van der Waals surface area (Å²) in [5, 5.41) is 6.30. The fourth-order valence-electron chi connectivity index (χ4n) is 3.02. The van der Waals surface area contributed by atoms with Gasteiger partial charge >= 0.3 is 6.03 Å². The van der Waals surface area contributed by atoms with E-state index in [0.29, 0.717) is 27.9 Å². The lowest BCUT2D eigenvalue weighted by Crippen LogP contribution is -2.21. The van der Waals surface area contributed by atoms with Crippen LogP contribution in [0.3, 0.4) is 0 Å². The van der Waals surface area contributed by atoms with E-state index in [4.69, 9.17) is 21.1 Å². The van der Waals surface area contributed by atoms with Crippen LogP contribution >= 0.6 is 11.6 Å². The van der Waals surface area contributed by atoms with E-state index in [1.807, 2.05) is 36.6 Å². The zero-order chi connectivity index (χ0) is 20.3. The van der Waals surface area contributed by atoms with Crippen molar-refractivity contribution in [2.45, 2.75) is 13.8 Å². The van der Waals surface area contributed by atoms with E-state index in [0.717, 1.165) is 17.1 Å². The normalized spacial score (nSPS) is 10.5. The Morgan fingerprint density at radius 3 is 2.04 bits per heavy atom. The number of nitrogens with zero attached hydrogens (tertiary/aromatic N) is 1. The number of carbonyl (C=O) groups is 1. The van der Waals surface area contributed by atoms with Crippen molar-refractivity contribution in [2.75, 3.05) is 24.9 Å². The maximum Gasteiger partial charge on any atom is 0.323 e. The second-order valence-electron chi connectivity index (χ2n) is 6.26. The number of hydrogen-bond donors (Lipinski definition) is 2. The van der Waals surface area contributed by atoms with Crippen LogP contribution in [-0.2, 0) is 0 Å². The van der Waals surface area contributed by atoms with E-state index < -0.39 is 0 Å². The van der Waals surface area contributed by atoms with Crippen molar-refractivity contribution in [1.82, 2.24) is 4.57 Å². The Hall–Kier alpha value is -3.12. The third kappa shape index (κ3) is 4.07. The molecule has 0 aliphatic rings. The van der Waals surface area contributed by atoms with Crippen molar-refractivity contribution in [3.8, 4) is 17.2 Å². The van der Waals surface area contributed by atoms with E-state index >= 15 is 0 Å². The summed E-state index contributed by atoms with van der Waals surface area (Å²) in [5.41, 5.74) is 4.07. The molecule has 2 amide bonds. The number of anilines is 2. The molecule has 0 aliphatic heterocycles. The number of benzene rings is 2. The van der Waals surface area contributed by atoms with Gasteiger partial charge in [0, 0.05) is 34.2 Å². The average molecular weight is 400 g/mol. The van der Waals surface area contributed by atoms with Crippen LogP contribution in [0.25, 0.3) is 5.69 Å². The number of aromatic nitrogens is 1. The number of ether oxygens (including phenoxy) is 2. The number of halogens is 1. The first-order chi connectivity index (χ1) is 13.4. The van der Waals surface area contributed by atoms with Crippen LogP contribution < -0.4 is 20.1 Å². The van der Waals surface area contributed by atoms with E-state index in [1.165, 1.54) is 0 Å². The summed E-state index contributed by atoms with van der Waals surface area (Å²) < 4.78 is 12.9. The summed E-state index contributed by atoms with van der Waals surface area (Å²) in [5.74, 6) is 1.10. The van der Waals surface area contributed by atoms with Crippen LogP contribution in [-0.4, -0.2) is 24.8 Å². The van der Waals surface area contributed by atoms with Crippen molar-refractivity contribution >= 4 is 29.0 Å². The molecule has 0 fully saturated rings. The number of amides is 2. The molecule has 0 saturated carbocycles. The van der Waals surface area contributed by atoms with Crippen molar-refractivity contribution in [3.63, 3.8) is 0 Å². The lowest BCUT2D eigenvalue weighted by Gasteiger charge is -2.19. The summed E-state index contributed by atoms with van der Waals surface area (Å²) in [6.45, 7) is 4.00. The molecule has 1 aromatic heterocycles. The van der Waals surface area contributed by atoms with Crippen molar-refractivity contribution in [2.24, 2.45) is 0 Å². The van der Waals surface area contributed by atoms with Crippen LogP contribution in [0.15, 0.2) is 48.5 Å². The smallest absolute Gasteiger partial charge is 0.323 e. The van der Waals surface area contributed by atoms with Gasteiger partial charge in [-0.2, -0.15) is 0 Å². The van der Waals surface area contributed by atoms with Gasteiger partial charge in [0.15, 0.2) is 11.5 Å². The van der Waals surface area contributed by atoms with Crippen LogP contribution in [0.4, 0.5) is 16.2 Å². The summed E-state index contributed by atoms with van der Waals surface area (Å²) in [6.07, 6.45) is 0. The van der Waals surface area contributed by atoms with Gasteiger partial charge in [-0.05, 0) is 50.2 Å². The summed E-state index contributed by atoms with van der Waals surface area (Å²) in [6, 6.07) is 14.1. The van der Waals surface area contributed by atoms with Gasteiger partial charge in [-0.15, -0.1) is 0 Å². The monoisotopic (exact) mass is 399 g/mol. The Bertz CT molecular complexity index is 977. The average Bonchev–Trinajstić information content (AvgIpc) is 3.01. The molecule has 3 rings (SSSR count). The molecule has 3 aromatic rings. The Kier molecular flexibility index (Phi) is 5.80. The van der Waals surface area contributed by atoms with Crippen LogP contribution in [0.2, 0.25) is 5.02 Å². The predicted molar refractivity (Wildman–Crippen MR) is 112 cm³/mol. The number of aryl methyl sites for hydroxylation is 2. The molecule has 28 heavy (non-hydrogen) atoms. The standard InChI is InChI=1S/C21H22ClN3O3/c1-13-5-6-14(2)25(13)18-12-20(28-4)19(27-3)11-17(18)24-21(26)23-16-9-7-15(22)8-10-16/h5-12H,1-4H3,(H2,23,24,26). The van der Waals surface area contributed by atoms with Crippen LogP contribution in [0.1, 0.15) is 11.4 Å². The molecule has 0 unspecified atom stereocenters. The minimum atomic E-state index is -0.377. The minimum Gasteiger partial charge on any atom is -0.493 e. The first-order valence-electron chi connectivity index (χ1n) is 8.68.